The van der Waals surface area contributed by atoms with Gasteiger partial charge in [-0.25, -0.2) is 0 Å². The number of hydrogen-bond donors (Lipinski definition) is 1. The number of nitrogens with one attached hydrogen (secondary N) is 1. The van der Waals surface area contributed by atoms with Gasteiger partial charge in [0.1, 0.15) is 0 Å². The highest BCUT2D eigenvalue weighted by Crippen LogP contribution is 2.26. The minimum atomic E-state index is 0.256. The van der Waals surface area contributed by atoms with E-state index < -0.39 is 0 Å². The number of hydrogen-bond acceptors (Lipinski definition) is 1. The molecule has 3 heteroatoms. The quantitative estimate of drug-likeness (QED) is 0.834. The van der Waals surface area contributed by atoms with Crippen LogP contribution in [0.3, 0.4) is 0 Å². The van der Waals surface area contributed by atoms with Gasteiger partial charge >= 0.3 is 0 Å². The van der Waals surface area contributed by atoms with E-state index in [1.807, 2.05) is 32.2 Å². The van der Waals surface area contributed by atoms with Crippen LogP contribution in [-0.2, 0) is 0 Å². The monoisotopic (exact) mass is 285 g/mol. The zero-order valence-electron chi connectivity index (χ0n) is 8.77. The lowest BCUT2D eigenvalue weighted by atomic mass is 10.0. The molecule has 0 aliphatic rings. The Hall–Kier alpha value is -0.490. The number of rotatable bonds is 3. The molecule has 0 aliphatic carbocycles. The zero-order chi connectivity index (χ0) is 11.3. The molecule has 0 bridgehead atoms. The summed E-state index contributed by atoms with van der Waals surface area (Å²) in [5.74, 6) is 5.97. The van der Waals surface area contributed by atoms with Gasteiger partial charge in [0.05, 0.1) is 5.02 Å². The fourth-order valence-electron chi connectivity index (χ4n) is 1.32. The van der Waals surface area contributed by atoms with Crippen molar-refractivity contribution in [1.82, 2.24) is 5.32 Å². The minimum absolute atomic E-state index is 0.256. The van der Waals surface area contributed by atoms with Crippen molar-refractivity contribution in [2.24, 2.45) is 0 Å². The van der Waals surface area contributed by atoms with Crippen molar-refractivity contribution >= 4 is 27.5 Å². The maximum Gasteiger partial charge on any atom is 0.0548 e. The third-order valence-corrected chi connectivity index (χ3v) is 3.39. The highest BCUT2D eigenvalue weighted by atomic mass is 79.9. The molecule has 0 heterocycles. The Morgan fingerprint density at radius 1 is 1.53 bits per heavy atom. The number of benzene rings is 1. The van der Waals surface area contributed by atoms with Crippen molar-refractivity contribution in [2.75, 3.05) is 7.05 Å². The molecule has 1 nitrogen and oxygen atoms in total. The Morgan fingerprint density at radius 3 is 2.80 bits per heavy atom. The van der Waals surface area contributed by atoms with Gasteiger partial charge in [-0.3, -0.25) is 0 Å². The molecule has 0 spiro atoms. The normalized spacial score (nSPS) is 11.7. The van der Waals surface area contributed by atoms with Crippen LogP contribution in [0.4, 0.5) is 0 Å². The van der Waals surface area contributed by atoms with E-state index in [2.05, 4.69) is 33.1 Å². The van der Waals surface area contributed by atoms with Gasteiger partial charge in [-0.05, 0) is 47.6 Å². The van der Waals surface area contributed by atoms with Crippen LogP contribution in [0.2, 0.25) is 5.02 Å². The second kappa shape index (κ2) is 6.17. The van der Waals surface area contributed by atoms with E-state index in [9.17, 15) is 0 Å². The van der Waals surface area contributed by atoms with Crippen LogP contribution in [0.15, 0.2) is 22.7 Å². The Morgan fingerprint density at radius 2 is 2.27 bits per heavy atom. The van der Waals surface area contributed by atoms with Gasteiger partial charge in [0.15, 0.2) is 0 Å². The minimum Gasteiger partial charge on any atom is -0.312 e. The maximum absolute atomic E-state index is 5.94. The first-order chi connectivity index (χ1) is 7.19. The molecule has 1 N–H and O–H groups in total. The van der Waals surface area contributed by atoms with Crippen molar-refractivity contribution in [3.05, 3.63) is 33.3 Å². The van der Waals surface area contributed by atoms with E-state index in [0.717, 1.165) is 15.9 Å². The lowest BCUT2D eigenvalue weighted by molar-refractivity contribution is 0.611. The molecule has 1 aromatic carbocycles. The first kappa shape index (κ1) is 12.6. The molecule has 15 heavy (non-hydrogen) atoms. The number of halogens is 2. The van der Waals surface area contributed by atoms with Crippen LogP contribution in [0.25, 0.3) is 0 Å². The average Bonchev–Trinajstić information content (AvgIpc) is 2.24. The summed E-state index contributed by atoms with van der Waals surface area (Å²) < 4.78 is 0.923. The van der Waals surface area contributed by atoms with Gasteiger partial charge in [-0.2, -0.15) is 0 Å². The first-order valence-corrected chi connectivity index (χ1v) is 5.88. The Bertz CT molecular complexity index is 392. The van der Waals surface area contributed by atoms with Crippen LogP contribution in [0, 0.1) is 11.8 Å². The van der Waals surface area contributed by atoms with Gasteiger partial charge in [-0.15, -0.1) is 11.8 Å². The summed E-state index contributed by atoms with van der Waals surface area (Å²) >= 11 is 9.35. The predicted octanol–water partition coefficient (Wildman–Crippen LogP) is 3.78. The van der Waals surface area contributed by atoms with Crippen molar-refractivity contribution in [1.29, 1.82) is 0 Å². The molecule has 1 atom stereocenters. The predicted molar refractivity (Wildman–Crippen MR) is 69.0 cm³/mol. The van der Waals surface area contributed by atoms with E-state index in [-0.39, 0.29) is 6.04 Å². The Kier molecular flexibility index (Phi) is 5.17. The lowest BCUT2D eigenvalue weighted by Crippen LogP contribution is -2.15. The molecule has 80 valence electrons. The van der Waals surface area contributed by atoms with E-state index >= 15 is 0 Å². The van der Waals surface area contributed by atoms with E-state index in [0.29, 0.717) is 0 Å². The largest absolute Gasteiger partial charge is 0.312 e. The molecule has 1 unspecified atom stereocenters. The highest BCUT2D eigenvalue weighted by Gasteiger charge is 2.08. The van der Waals surface area contributed by atoms with Crippen molar-refractivity contribution < 1.29 is 0 Å². The molecule has 0 aliphatic heterocycles. The van der Waals surface area contributed by atoms with Gasteiger partial charge in [-0.1, -0.05) is 17.7 Å². The topological polar surface area (TPSA) is 12.0 Å². The highest BCUT2D eigenvalue weighted by molar-refractivity contribution is 9.10. The Balaban J connectivity index is 2.90. The van der Waals surface area contributed by atoms with Crippen molar-refractivity contribution in [2.45, 2.75) is 19.4 Å². The first-order valence-electron chi connectivity index (χ1n) is 4.71. The summed E-state index contributed by atoms with van der Waals surface area (Å²) in [5.41, 5.74) is 1.19. The van der Waals surface area contributed by atoms with E-state index in [1.54, 1.807) is 0 Å². The van der Waals surface area contributed by atoms with Crippen LogP contribution >= 0.6 is 27.5 Å². The van der Waals surface area contributed by atoms with Crippen LogP contribution in [0.5, 0.6) is 0 Å². The summed E-state index contributed by atoms with van der Waals surface area (Å²) in [6.07, 6.45) is 0.807. The molecule has 0 radical (unpaired) electrons. The average molecular weight is 287 g/mol. The molecular formula is C12H13BrClN. The molecule has 1 aromatic rings. The third kappa shape index (κ3) is 3.53. The second-order valence-corrected chi connectivity index (χ2v) is 4.41. The standard InChI is InChI=1S/C12H13BrClN/c1-3-4-5-12(15-2)9-6-7-11(14)10(13)8-9/h6-8,12,15H,5H2,1-2H3. The van der Waals surface area contributed by atoms with E-state index in [4.69, 9.17) is 11.6 Å². The van der Waals surface area contributed by atoms with Gasteiger partial charge in [0, 0.05) is 16.9 Å². The van der Waals surface area contributed by atoms with Crippen LogP contribution in [-0.4, -0.2) is 7.05 Å². The van der Waals surface area contributed by atoms with Gasteiger partial charge < -0.3 is 5.32 Å². The van der Waals surface area contributed by atoms with Crippen LogP contribution in [0.1, 0.15) is 24.9 Å². The summed E-state index contributed by atoms with van der Waals surface area (Å²) in [6, 6.07) is 6.20. The van der Waals surface area contributed by atoms with Gasteiger partial charge in [0.25, 0.3) is 0 Å². The lowest BCUT2D eigenvalue weighted by Gasteiger charge is -2.14. The molecule has 0 amide bonds. The van der Waals surface area contributed by atoms with Gasteiger partial charge in [0.2, 0.25) is 0 Å². The van der Waals surface area contributed by atoms with Crippen molar-refractivity contribution in [3.63, 3.8) is 0 Å². The summed E-state index contributed by atoms with van der Waals surface area (Å²) in [5, 5.41) is 3.97. The summed E-state index contributed by atoms with van der Waals surface area (Å²) in [4.78, 5) is 0. The van der Waals surface area contributed by atoms with E-state index in [1.165, 1.54) is 5.56 Å². The molecular weight excluding hydrogens is 273 g/mol. The zero-order valence-corrected chi connectivity index (χ0v) is 11.1. The summed E-state index contributed by atoms with van der Waals surface area (Å²) in [6.45, 7) is 1.85. The molecule has 0 aromatic heterocycles. The fraction of sp³-hybridized carbons (Fsp3) is 0.333. The Labute approximate surface area is 104 Å². The molecule has 0 saturated carbocycles. The molecule has 1 rings (SSSR count). The summed E-state index contributed by atoms with van der Waals surface area (Å²) in [7, 11) is 1.94. The van der Waals surface area contributed by atoms with Crippen molar-refractivity contribution in [3.8, 4) is 11.8 Å². The smallest absolute Gasteiger partial charge is 0.0548 e. The molecule has 0 fully saturated rings. The molecule has 0 saturated heterocycles. The van der Waals surface area contributed by atoms with Crippen LogP contribution < -0.4 is 5.32 Å². The second-order valence-electron chi connectivity index (χ2n) is 3.15. The fourth-order valence-corrected chi connectivity index (χ4v) is 1.83. The SMILES string of the molecule is CC#CCC(NC)c1ccc(Cl)c(Br)c1. The maximum atomic E-state index is 5.94. The third-order valence-electron chi connectivity index (χ3n) is 2.18.